The van der Waals surface area contributed by atoms with E-state index in [0.717, 1.165) is 28.0 Å². The molecule has 0 saturated carbocycles. The average Bonchev–Trinajstić information content (AvgIpc) is 2.60. The summed E-state index contributed by atoms with van der Waals surface area (Å²) >= 11 is 0. The SMILES string of the molecule is O=C(CCc1cccc(Nc2ccc3ccccc3n2)c1)NO. The summed E-state index contributed by atoms with van der Waals surface area (Å²) in [6.07, 6.45) is 0.807. The second-order valence-corrected chi connectivity index (χ2v) is 5.25. The van der Waals surface area contributed by atoms with Crippen LogP contribution < -0.4 is 10.8 Å². The number of pyridine rings is 1. The number of aryl methyl sites for hydroxylation is 1. The summed E-state index contributed by atoms with van der Waals surface area (Å²) in [6, 6.07) is 19.7. The Hall–Kier alpha value is -2.92. The number of aromatic nitrogens is 1. The van der Waals surface area contributed by atoms with Crippen LogP contribution >= 0.6 is 0 Å². The molecule has 5 nitrogen and oxygen atoms in total. The van der Waals surface area contributed by atoms with Gasteiger partial charge in [-0.25, -0.2) is 10.5 Å². The van der Waals surface area contributed by atoms with E-state index >= 15 is 0 Å². The number of fused-ring (bicyclic) bond motifs is 1. The summed E-state index contributed by atoms with van der Waals surface area (Å²) in [4.78, 5) is 15.7. The van der Waals surface area contributed by atoms with Gasteiger partial charge in [-0.15, -0.1) is 0 Å². The van der Waals surface area contributed by atoms with Crippen LogP contribution in [-0.2, 0) is 11.2 Å². The molecule has 0 aliphatic heterocycles. The topological polar surface area (TPSA) is 74.2 Å². The number of carbonyl (C=O) groups is 1. The van der Waals surface area contributed by atoms with E-state index in [1.54, 1.807) is 5.48 Å². The van der Waals surface area contributed by atoms with Crippen molar-refractivity contribution < 1.29 is 10.0 Å². The van der Waals surface area contributed by atoms with Crippen LogP contribution in [0.25, 0.3) is 10.9 Å². The molecule has 2 aromatic carbocycles. The van der Waals surface area contributed by atoms with Crippen molar-refractivity contribution in [1.82, 2.24) is 10.5 Å². The van der Waals surface area contributed by atoms with Crippen molar-refractivity contribution in [3.8, 4) is 0 Å². The van der Waals surface area contributed by atoms with Crippen molar-refractivity contribution in [2.24, 2.45) is 0 Å². The van der Waals surface area contributed by atoms with Gasteiger partial charge < -0.3 is 5.32 Å². The molecule has 116 valence electrons. The first kappa shape index (κ1) is 15.0. The number of nitrogens with one attached hydrogen (secondary N) is 2. The van der Waals surface area contributed by atoms with Crippen LogP contribution in [0, 0.1) is 0 Å². The number of anilines is 2. The number of hydrogen-bond acceptors (Lipinski definition) is 4. The van der Waals surface area contributed by atoms with Crippen LogP contribution in [0.3, 0.4) is 0 Å². The van der Waals surface area contributed by atoms with Gasteiger partial charge in [-0.2, -0.15) is 0 Å². The quantitative estimate of drug-likeness (QED) is 0.499. The molecule has 3 rings (SSSR count). The fraction of sp³-hybridized carbons (Fsp3) is 0.111. The third-order valence-corrected chi connectivity index (χ3v) is 3.56. The Kier molecular flexibility index (Phi) is 4.49. The molecule has 0 radical (unpaired) electrons. The Morgan fingerprint density at radius 2 is 1.91 bits per heavy atom. The van der Waals surface area contributed by atoms with Crippen LogP contribution in [0.4, 0.5) is 11.5 Å². The summed E-state index contributed by atoms with van der Waals surface area (Å²) in [5.41, 5.74) is 4.51. The Labute approximate surface area is 133 Å². The molecule has 0 fully saturated rings. The van der Waals surface area contributed by atoms with Gasteiger partial charge in [0.1, 0.15) is 5.82 Å². The average molecular weight is 307 g/mol. The number of para-hydroxylation sites is 1. The second kappa shape index (κ2) is 6.89. The van der Waals surface area contributed by atoms with E-state index in [4.69, 9.17) is 5.21 Å². The first-order valence-corrected chi connectivity index (χ1v) is 7.39. The van der Waals surface area contributed by atoms with E-state index in [9.17, 15) is 4.79 Å². The lowest BCUT2D eigenvalue weighted by molar-refractivity contribution is -0.129. The number of carbonyl (C=O) groups excluding carboxylic acids is 1. The first-order valence-electron chi connectivity index (χ1n) is 7.39. The molecular formula is C18H17N3O2. The molecule has 1 aromatic heterocycles. The van der Waals surface area contributed by atoms with E-state index in [2.05, 4.69) is 10.3 Å². The van der Waals surface area contributed by atoms with Crippen molar-refractivity contribution in [1.29, 1.82) is 0 Å². The Balaban J connectivity index is 1.74. The van der Waals surface area contributed by atoms with Gasteiger partial charge in [-0.05, 0) is 42.3 Å². The van der Waals surface area contributed by atoms with Crippen molar-refractivity contribution in [3.05, 3.63) is 66.2 Å². The number of hydrogen-bond donors (Lipinski definition) is 3. The number of rotatable bonds is 5. The van der Waals surface area contributed by atoms with Crippen LogP contribution in [0.5, 0.6) is 0 Å². The molecule has 0 bridgehead atoms. The maximum absolute atomic E-state index is 11.1. The lowest BCUT2D eigenvalue weighted by Gasteiger charge is -2.08. The number of benzene rings is 2. The summed E-state index contributed by atoms with van der Waals surface area (Å²) < 4.78 is 0. The predicted octanol–water partition coefficient (Wildman–Crippen LogP) is 3.42. The smallest absolute Gasteiger partial charge is 0.243 e. The third-order valence-electron chi connectivity index (χ3n) is 3.56. The normalized spacial score (nSPS) is 10.5. The van der Waals surface area contributed by atoms with Crippen LogP contribution in [0.15, 0.2) is 60.7 Å². The highest BCUT2D eigenvalue weighted by atomic mass is 16.5. The van der Waals surface area contributed by atoms with E-state index in [-0.39, 0.29) is 12.3 Å². The minimum absolute atomic E-state index is 0.244. The van der Waals surface area contributed by atoms with Gasteiger partial charge in [0.2, 0.25) is 5.91 Å². The molecule has 0 aliphatic rings. The highest BCUT2D eigenvalue weighted by molar-refractivity contribution is 5.80. The highest BCUT2D eigenvalue weighted by Gasteiger charge is 2.03. The highest BCUT2D eigenvalue weighted by Crippen LogP contribution is 2.20. The molecule has 3 aromatic rings. The molecule has 0 aliphatic carbocycles. The molecule has 0 spiro atoms. The Morgan fingerprint density at radius 3 is 2.78 bits per heavy atom. The molecule has 0 saturated heterocycles. The van der Waals surface area contributed by atoms with Gasteiger partial charge in [0.05, 0.1) is 5.52 Å². The second-order valence-electron chi connectivity index (χ2n) is 5.25. The van der Waals surface area contributed by atoms with Gasteiger partial charge in [0, 0.05) is 17.5 Å². The van der Waals surface area contributed by atoms with Crippen molar-refractivity contribution in [2.75, 3.05) is 5.32 Å². The molecule has 5 heteroatoms. The monoisotopic (exact) mass is 307 g/mol. The molecule has 23 heavy (non-hydrogen) atoms. The van der Waals surface area contributed by atoms with Crippen molar-refractivity contribution in [2.45, 2.75) is 12.8 Å². The van der Waals surface area contributed by atoms with E-state index in [1.165, 1.54) is 0 Å². The summed E-state index contributed by atoms with van der Waals surface area (Å²) in [7, 11) is 0. The number of amides is 1. The van der Waals surface area contributed by atoms with Gasteiger partial charge in [-0.1, -0.05) is 30.3 Å². The largest absolute Gasteiger partial charge is 0.340 e. The maximum Gasteiger partial charge on any atom is 0.243 e. The van der Waals surface area contributed by atoms with Crippen LogP contribution in [0.2, 0.25) is 0 Å². The number of hydroxylamine groups is 1. The zero-order valence-corrected chi connectivity index (χ0v) is 12.5. The van der Waals surface area contributed by atoms with E-state index in [0.29, 0.717) is 6.42 Å². The van der Waals surface area contributed by atoms with E-state index < -0.39 is 0 Å². The molecular weight excluding hydrogens is 290 g/mol. The van der Waals surface area contributed by atoms with Gasteiger partial charge >= 0.3 is 0 Å². The third kappa shape index (κ3) is 3.84. The zero-order valence-electron chi connectivity index (χ0n) is 12.5. The van der Waals surface area contributed by atoms with Crippen molar-refractivity contribution >= 4 is 28.3 Å². The molecule has 0 unspecified atom stereocenters. The lowest BCUT2D eigenvalue weighted by atomic mass is 10.1. The van der Waals surface area contributed by atoms with Crippen LogP contribution in [-0.4, -0.2) is 16.1 Å². The molecule has 1 amide bonds. The zero-order chi connectivity index (χ0) is 16.1. The van der Waals surface area contributed by atoms with E-state index in [1.807, 2.05) is 60.7 Å². The van der Waals surface area contributed by atoms with Crippen molar-refractivity contribution in [3.63, 3.8) is 0 Å². The fourth-order valence-electron chi connectivity index (χ4n) is 2.40. The first-order chi connectivity index (χ1) is 11.2. The summed E-state index contributed by atoms with van der Waals surface area (Å²) in [5, 5.41) is 12.9. The molecule has 0 atom stereocenters. The summed E-state index contributed by atoms with van der Waals surface area (Å²) in [5.74, 6) is 0.383. The van der Waals surface area contributed by atoms with Crippen LogP contribution in [0.1, 0.15) is 12.0 Å². The van der Waals surface area contributed by atoms with Gasteiger partial charge in [0.25, 0.3) is 0 Å². The maximum atomic E-state index is 11.1. The van der Waals surface area contributed by atoms with Gasteiger partial charge in [-0.3, -0.25) is 10.0 Å². The number of nitrogens with zero attached hydrogens (tertiary/aromatic N) is 1. The van der Waals surface area contributed by atoms with Gasteiger partial charge in [0.15, 0.2) is 0 Å². The lowest BCUT2D eigenvalue weighted by Crippen LogP contribution is -2.18. The minimum Gasteiger partial charge on any atom is -0.340 e. The Bertz CT molecular complexity index is 833. The fourth-order valence-corrected chi connectivity index (χ4v) is 2.40. The standard InChI is InChI=1S/C18H17N3O2/c22-18(21-23)11-8-13-4-3-6-15(12-13)19-17-10-9-14-5-1-2-7-16(14)20-17/h1-7,9-10,12,23H,8,11H2,(H,19,20)(H,21,22). The summed E-state index contributed by atoms with van der Waals surface area (Å²) in [6.45, 7) is 0. The predicted molar refractivity (Wildman–Crippen MR) is 89.7 cm³/mol. The minimum atomic E-state index is -0.389. The molecule has 1 heterocycles. The Morgan fingerprint density at radius 1 is 1.04 bits per heavy atom. The molecule has 3 N–H and O–H groups in total.